The van der Waals surface area contributed by atoms with E-state index in [1.807, 2.05) is 42.9 Å². The van der Waals surface area contributed by atoms with Gasteiger partial charge in [0.15, 0.2) is 5.65 Å². The van der Waals surface area contributed by atoms with Crippen molar-refractivity contribution < 1.29 is 18.7 Å². The summed E-state index contributed by atoms with van der Waals surface area (Å²) in [4.78, 5) is 33.2. The van der Waals surface area contributed by atoms with Crippen LogP contribution in [0.1, 0.15) is 62.4 Å². The van der Waals surface area contributed by atoms with E-state index in [1.54, 1.807) is 12.1 Å². The van der Waals surface area contributed by atoms with Crippen molar-refractivity contribution in [1.82, 2.24) is 35.6 Å². The second-order valence-corrected chi connectivity index (χ2v) is 13.3. The molecule has 4 aromatic rings. The molecule has 0 saturated carbocycles. The molecular formula is C38H49FN8O3. The first-order valence-corrected chi connectivity index (χ1v) is 17.9. The number of hydrogen-bond donors (Lipinski definition) is 4. The minimum atomic E-state index is -0.408. The highest BCUT2D eigenvalue weighted by atomic mass is 19.1. The average molecular weight is 685 g/mol. The SMILES string of the molecule is CCc1nc2c(cnn2CC)c(NC2CCOCC2)c1CNC(=O)CC(=O)NCc1ccc(F)c(-c2cccc(CN3CCNC(C)C3)c2)c1. The summed E-state index contributed by atoms with van der Waals surface area (Å²) in [6.45, 7) is 12.5. The van der Waals surface area contributed by atoms with E-state index in [1.165, 1.54) is 6.07 Å². The summed E-state index contributed by atoms with van der Waals surface area (Å²) >= 11 is 0. The van der Waals surface area contributed by atoms with Gasteiger partial charge < -0.3 is 26.0 Å². The Morgan fingerprint density at radius 2 is 1.84 bits per heavy atom. The van der Waals surface area contributed by atoms with Crippen LogP contribution in [0.5, 0.6) is 0 Å². The monoisotopic (exact) mass is 684 g/mol. The first-order valence-electron chi connectivity index (χ1n) is 17.9. The molecule has 266 valence electrons. The molecule has 2 amide bonds. The van der Waals surface area contributed by atoms with Gasteiger partial charge in [-0.15, -0.1) is 0 Å². The molecule has 2 saturated heterocycles. The molecule has 4 N–H and O–H groups in total. The highest BCUT2D eigenvalue weighted by Crippen LogP contribution is 2.31. The maximum absolute atomic E-state index is 15.0. The number of hydrogen-bond acceptors (Lipinski definition) is 8. The van der Waals surface area contributed by atoms with Crippen molar-refractivity contribution in [3.8, 4) is 11.1 Å². The van der Waals surface area contributed by atoms with E-state index in [0.717, 1.165) is 83.7 Å². The van der Waals surface area contributed by atoms with Gasteiger partial charge >= 0.3 is 0 Å². The number of ether oxygens (including phenoxy) is 1. The zero-order chi connectivity index (χ0) is 35.0. The summed E-state index contributed by atoms with van der Waals surface area (Å²) in [5.41, 5.74) is 6.68. The van der Waals surface area contributed by atoms with Crippen LogP contribution >= 0.6 is 0 Å². The fraction of sp³-hybridized carbons (Fsp3) is 0.474. The molecular weight excluding hydrogens is 635 g/mol. The Kier molecular flexibility index (Phi) is 11.7. The molecule has 2 aromatic carbocycles. The smallest absolute Gasteiger partial charge is 0.229 e. The van der Waals surface area contributed by atoms with Crippen LogP contribution in [0, 0.1) is 5.82 Å². The maximum Gasteiger partial charge on any atom is 0.229 e. The molecule has 2 fully saturated rings. The molecule has 12 heteroatoms. The third-order valence-corrected chi connectivity index (χ3v) is 9.58. The van der Waals surface area contributed by atoms with E-state index < -0.39 is 5.91 Å². The lowest BCUT2D eigenvalue weighted by Gasteiger charge is -2.31. The van der Waals surface area contributed by atoms with E-state index in [2.05, 4.69) is 44.3 Å². The molecule has 0 aliphatic carbocycles. The molecule has 2 aliphatic rings. The fourth-order valence-electron chi connectivity index (χ4n) is 6.91. The van der Waals surface area contributed by atoms with Crippen molar-refractivity contribution in [3.63, 3.8) is 0 Å². The number of amides is 2. The third kappa shape index (κ3) is 8.66. The van der Waals surface area contributed by atoms with E-state index in [-0.39, 0.29) is 37.3 Å². The summed E-state index contributed by atoms with van der Waals surface area (Å²) in [5.74, 6) is -1.12. The van der Waals surface area contributed by atoms with Gasteiger partial charge in [-0.1, -0.05) is 31.2 Å². The van der Waals surface area contributed by atoms with Crippen molar-refractivity contribution in [2.45, 2.75) is 84.7 Å². The molecule has 1 atom stereocenters. The number of anilines is 1. The quantitative estimate of drug-likeness (QED) is 0.152. The number of rotatable bonds is 13. The van der Waals surface area contributed by atoms with Crippen LogP contribution < -0.4 is 21.3 Å². The van der Waals surface area contributed by atoms with Gasteiger partial charge in [0.25, 0.3) is 0 Å². The highest BCUT2D eigenvalue weighted by molar-refractivity contribution is 5.97. The van der Waals surface area contributed by atoms with Crippen LogP contribution in [0.15, 0.2) is 48.7 Å². The van der Waals surface area contributed by atoms with Gasteiger partial charge in [-0.2, -0.15) is 5.10 Å². The normalized spacial score (nSPS) is 17.2. The average Bonchev–Trinajstić information content (AvgIpc) is 3.54. The number of benzene rings is 2. The Hall–Kier alpha value is -4.39. The van der Waals surface area contributed by atoms with Crippen LogP contribution in [0.4, 0.5) is 10.1 Å². The van der Waals surface area contributed by atoms with Crippen molar-refractivity contribution in [1.29, 1.82) is 0 Å². The second kappa shape index (κ2) is 16.5. The number of nitrogens with zero attached hydrogens (tertiary/aromatic N) is 4. The summed E-state index contributed by atoms with van der Waals surface area (Å²) < 4.78 is 22.5. The Bertz CT molecular complexity index is 1800. The molecule has 0 spiro atoms. The van der Waals surface area contributed by atoms with Gasteiger partial charge in [0.1, 0.15) is 12.2 Å². The number of aryl methyl sites for hydroxylation is 2. The fourth-order valence-corrected chi connectivity index (χ4v) is 6.91. The Morgan fingerprint density at radius 3 is 2.60 bits per heavy atom. The number of carbonyl (C=O) groups is 2. The molecule has 0 bridgehead atoms. The molecule has 1 unspecified atom stereocenters. The molecule has 0 radical (unpaired) electrons. The minimum Gasteiger partial charge on any atom is -0.381 e. The zero-order valence-electron chi connectivity index (χ0n) is 29.4. The number of halogens is 1. The van der Waals surface area contributed by atoms with Gasteiger partial charge in [-0.05, 0) is 68.0 Å². The number of carbonyl (C=O) groups excluding carboxylic acids is 2. The predicted molar refractivity (Wildman–Crippen MR) is 193 cm³/mol. The highest BCUT2D eigenvalue weighted by Gasteiger charge is 2.23. The van der Waals surface area contributed by atoms with Gasteiger partial charge in [0.2, 0.25) is 11.8 Å². The van der Waals surface area contributed by atoms with E-state index in [9.17, 15) is 9.59 Å². The molecule has 4 heterocycles. The summed E-state index contributed by atoms with van der Waals surface area (Å²) in [5, 5.41) is 18.4. The van der Waals surface area contributed by atoms with Crippen molar-refractivity contribution in [2.24, 2.45) is 0 Å². The number of fused-ring (bicyclic) bond motifs is 1. The Morgan fingerprint density at radius 1 is 1.04 bits per heavy atom. The number of aromatic nitrogens is 3. The van der Waals surface area contributed by atoms with Gasteiger partial charge in [-0.25, -0.2) is 14.1 Å². The number of pyridine rings is 1. The van der Waals surface area contributed by atoms with Crippen molar-refractivity contribution >= 4 is 28.5 Å². The van der Waals surface area contributed by atoms with Crippen LogP contribution in [-0.4, -0.2) is 76.4 Å². The van der Waals surface area contributed by atoms with Crippen LogP contribution in [0.3, 0.4) is 0 Å². The zero-order valence-corrected chi connectivity index (χ0v) is 29.4. The van der Waals surface area contributed by atoms with E-state index in [0.29, 0.717) is 37.8 Å². The molecule has 50 heavy (non-hydrogen) atoms. The van der Waals surface area contributed by atoms with Gasteiger partial charge in [0.05, 0.1) is 17.3 Å². The first-order chi connectivity index (χ1) is 24.3. The molecule has 11 nitrogen and oxygen atoms in total. The lowest BCUT2D eigenvalue weighted by atomic mass is 10.00. The van der Waals surface area contributed by atoms with E-state index >= 15 is 4.39 Å². The van der Waals surface area contributed by atoms with Crippen LogP contribution in [-0.2, 0) is 46.9 Å². The summed E-state index contributed by atoms with van der Waals surface area (Å²) in [6, 6.07) is 13.5. The van der Waals surface area contributed by atoms with Gasteiger partial charge in [-0.3, -0.25) is 14.5 Å². The summed E-state index contributed by atoms with van der Waals surface area (Å²) in [7, 11) is 0. The first kappa shape index (κ1) is 35.4. The maximum atomic E-state index is 15.0. The largest absolute Gasteiger partial charge is 0.381 e. The van der Waals surface area contributed by atoms with E-state index in [4.69, 9.17) is 9.72 Å². The van der Waals surface area contributed by atoms with Crippen LogP contribution in [0.25, 0.3) is 22.2 Å². The second-order valence-electron chi connectivity index (χ2n) is 13.3. The minimum absolute atomic E-state index is 0.179. The molecule has 6 rings (SSSR count). The van der Waals surface area contributed by atoms with Crippen LogP contribution in [0.2, 0.25) is 0 Å². The number of nitrogens with one attached hydrogen (secondary N) is 4. The topological polar surface area (TPSA) is 125 Å². The molecule has 2 aromatic heterocycles. The standard InChI is InChI=1S/C38H49FN8O3/c1-4-34-31(37(44-29-11-15-50-16-12-29)32-22-43-47(5-2)38(32)45-34)21-42-36(49)19-35(48)41-20-26-9-10-33(39)30(18-26)28-8-6-7-27(17-28)24-46-14-13-40-25(3)23-46/h6-10,17-18,22,25,29,40H,4-5,11-16,19-21,23-24H2,1-3H3,(H,41,48)(H,42,49)(H,44,45). The lowest BCUT2D eigenvalue weighted by molar-refractivity contribution is -0.129. The van der Waals surface area contributed by atoms with Crippen molar-refractivity contribution in [3.05, 3.63) is 76.9 Å². The van der Waals surface area contributed by atoms with Crippen molar-refractivity contribution in [2.75, 3.05) is 38.2 Å². The molecule has 2 aliphatic heterocycles. The Labute approximate surface area is 293 Å². The third-order valence-electron chi connectivity index (χ3n) is 9.58. The summed E-state index contributed by atoms with van der Waals surface area (Å²) in [6.07, 6.45) is 3.96. The Balaban J connectivity index is 1.07. The van der Waals surface area contributed by atoms with Gasteiger partial charge in [0, 0.05) is 87.9 Å². The predicted octanol–water partition coefficient (Wildman–Crippen LogP) is 4.53. The number of piperazine rings is 1. The lowest BCUT2D eigenvalue weighted by Crippen LogP contribution is -2.48.